The van der Waals surface area contributed by atoms with Crippen molar-refractivity contribution < 1.29 is 22.7 Å². The number of ether oxygens (including phenoxy) is 2. The number of nitrogens with zero attached hydrogens (tertiary/aromatic N) is 2. The maximum atomic E-state index is 12.9. The molecule has 0 aromatic heterocycles. The maximum Gasteiger partial charge on any atom is 0.280 e. The van der Waals surface area contributed by atoms with Crippen LogP contribution in [-0.2, 0) is 14.8 Å². The van der Waals surface area contributed by atoms with E-state index < -0.39 is 10.0 Å². The number of hydrazone groups is 1. The minimum absolute atomic E-state index is 0.0476. The van der Waals surface area contributed by atoms with E-state index in [1.165, 1.54) is 36.4 Å². The first kappa shape index (κ1) is 21.1. The average Bonchev–Trinajstić information content (AvgIpc) is 3.00. The molecule has 0 radical (unpaired) electrons. The molecule has 0 unspecified atom stereocenters. The minimum Gasteiger partial charge on any atom is -0.493 e. The molecule has 154 valence electrons. The van der Waals surface area contributed by atoms with E-state index in [-0.39, 0.29) is 17.4 Å². The van der Waals surface area contributed by atoms with Gasteiger partial charge in [-0.15, -0.1) is 6.42 Å². The molecule has 0 aliphatic carbocycles. The van der Waals surface area contributed by atoms with Crippen LogP contribution < -0.4 is 19.6 Å². The molecule has 8 nitrogen and oxygen atoms in total. The van der Waals surface area contributed by atoms with Crippen LogP contribution >= 0.6 is 0 Å². The second-order valence-electron chi connectivity index (χ2n) is 6.30. The third kappa shape index (κ3) is 4.35. The molecule has 0 fully saturated rings. The van der Waals surface area contributed by atoms with Crippen molar-refractivity contribution in [3.05, 3.63) is 53.6 Å². The van der Waals surface area contributed by atoms with Gasteiger partial charge in [0, 0.05) is 0 Å². The van der Waals surface area contributed by atoms with Crippen molar-refractivity contribution in [2.75, 3.05) is 18.7 Å². The maximum absolute atomic E-state index is 12.9. The normalized spacial score (nSPS) is 15.1. The monoisotopic (exact) mass is 425 g/mol. The summed E-state index contributed by atoms with van der Waals surface area (Å²) < 4.78 is 33.5. The van der Waals surface area contributed by atoms with E-state index >= 15 is 0 Å². The topological polar surface area (TPSA) is 111 Å². The van der Waals surface area contributed by atoms with Crippen molar-refractivity contribution in [3.63, 3.8) is 0 Å². The van der Waals surface area contributed by atoms with Gasteiger partial charge in [-0.1, -0.05) is 12.0 Å². The first-order valence-corrected chi connectivity index (χ1v) is 10.3. The number of methoxy groups -OCH3 is 1. The standard InChI is InChI=1S/C21H19N3O5S/c1-4-11-29-19-10-5-15(13-20(19)28-3)12-18-14(2)23-24(21(18)25)16-6-8-17(9-7-16)30(22,26)27/h1,5-10,12-13H,11H2,2-3H3,(H2,22,26,27)/b18-12-. The van der Waals surface area contributed by atoms with Crippen molar-refractivity contribution in [1.82, 2.24) is 0 Å². The molecule has 0 atom stereocenters. The number of nitrogens with two attached hydrogens (primary N) is 1. The molecule has 0 saturated heterocycles. The Kier molecular flexibility index (Phi) is 5.91. The Morgan fingerprint density at radius 3 is 2.50 bits per heavy atom. The number of sulfonamides is 1. The van der Waals surface area contributed by atoms with Gasteiger partial charge in [-0.2, -0.15) is 10.1 Å². The lowest BCUT2D eigenvalue weighted by atomic mass is 10.1. The summed E-state index contributed by atoms with van der Waals surface area (Å²) in [5.41, 5.74) is 2.04. The molecular formula is C21H19N3O5S. The van der Waals surface area contributed by atoms with E-state index in [0.717, 1.165) is 0 Å². The average molecular weight is 425 g/mol. The van der Waals surface area contributed by atoms with E-state index in [2.05, 4.69) is 11.0 Å². The summed E-state index contributed by atoms with van der Waals surface area (Å²) >= 11 is 0. The van der Waals surface area contributed by atoms with Crippen LogP contribution in [0, 0.1) is 12.3 Å². The van der Waals surface area contributed by atoms with Crippen LogP contribution in [0.4, 0.5) is 5.69 Å². The summed E-state index contributed by atoms with van der Waals surface area (Å²) in [6, 6.07) is 10.8. The van der Waals surface area contributed by atoms with Crippen molar-refractivity contribution in [2.45, 2.75) is 11.8 Å². The smallest absolute Gasteiger partial charge is 0.280 e. The third-order valence-corrected chi connectivity index (χ3v) is 5.21. The summed E-state index contributed by atoms with van der Waals surface area (Å²) in [6.07, 6.45) is 6.90. The molecule has 1 heterocycles. The highest BCUT2D eigenvalue weighted by atomic mass is 32.2. The van der Waals surface area contributed by atoms with Crippen molar-refractivity contribution >= 4 is 33.4 Å². The molecule has 2 N–H and O–H groups in total. The van der Waals surface area contributed by atoms with E-state index in [1.54, 1.807) is 31.2 Å². The Morgan fingerprint density at radius 2 is 1.90 bits per heavy atom. The van der Waals surface area contributed by atoms with E-state index in [0.29, 0.717) is 34.0 Å². The number of benzene rings is 2. The zero-order chi connectivity index (χ0) is 21.9. The van der Waals surface area contributed by atoms with Gasteiger partial charge in [0.2, 0.25) is 10.0 Å². The second kappa shape index (κ2) is 8.41. The van der Waals surface area contributed by atoms with Crippen molar-refractivity contribution in [1.29, 1.82) is 0 Å². The lowest BCUT2D eigenvalue weighted by molar-refractivity contribution is -0.114. The van der Waals surface area contributed by atoms with Gasteiger partial charge in [0.1, 0.15) is 6.61 Å². The molecule has 0 spiro atoms. The minimum atomic E-state index is -3.82. The van der Waals surface area contributed by atoms with Gasteiger partial charge in [0.15, 0.2) is 11.5 Å². The lowest BCUT2D eigenvalue weighted by Gasteiger charge is -2.12. The molecular weight excluding hydrogens is 406 g/mol. The second-order valence-corrected chi connectivity index (χ2v) is 7.86. The van der Waals surface area contributed by atoms with Gasteiger partial charge in [-0.25, -0.2) is 13.6 Å². The molecule has 1 amide bonds. The molecule has 0 saturated carbocycles. The van der Waals surface area contributed by atoms with Gasteiger partial charge in [0.05, 0.1) is 29.0 Å². The molecule has 30 heavy (non-hydrogen) atoms. The van der Waals surface area contributed by atoms with Crippen LogP contribution in [0.3, 0.4) is 0 Å². The fourth-order valence-corrected chi connectivity index (χ4v) is 3.33. The van der Waals surface area contributed by atoms with Crippen LogP contribution in [0.2, 0.25) is 0 Å². The number of rotatable bonds is 6. The Morgan fingerprint density at radius 1 is 1.20 bits per heavy atom. The fraction of sp³-hybridized carbons (Fsp3) is 0.143. The SMILES string of the molecule is C#CCOc1ccc(/C=C2\C(=O)N(c3ccc(S(N)(=O)=O)cc3)N=C2C)cc1OC. The van der Waals surface area contributed by atoms with Gasteiger partial charge in [0.25, 0.3) is 5.91 Å². The van der Waals surface area contributed by atoms with Crippen molar-refractivity contribution in [3.8, 4) is 23.8 Å². The first-order chi connectivity index (χ1) is 14.2. The van der Waals surface area contributed by atoms with Crippen LogP contribution in [0.25, 0.3) is 6.08 Å². The van der Waals surface area contributed by atoms with Crippen LogP contribution in [0.1, 0.15) is 12.5 Å². The van der Waals surface area contributed by atoms with Crippen molar-refractivity contribution in [2.24, 2.45) is 10.2 Å². The summed E-state index contributed by atoms with van der Waals surface area (Å²) in [7, 11) is -2.31. The lowest BCUT2D eigenvalue weighted by Crippen LogP contribution is -2.21. The highest BCUT2D eigenvalue weighted by Gasteiger charge is 2.29. The summed E-state index contributed by atoms with van der Waals surface area (Å²) in [5, 5.41) is 10.6. The van der Waals surface area contributed by atoms with E-state index in [1.807, 2.05) is 0 Å². The Labute approximate surface area is 174 Å². The molecule has 1 aliphatic rings. The van der Waals surface area contributed by atoms with Gasteiger partial charge in [-0.05, 0) is 55.0 Å². The number of carbonyl (C=O) groups is 1. The molecule has 9 heteroatoms. The number of terminal acetylenes is 1. The number of hydrogen-bond donors (Lipinski definition) is 1. The molecule has 0 bridgehead atoms. The van der Waals surface area contributed by atoms with E-state index in [4.69, 9.17) is 21.0 Å². The Bertz CT molecular complexity index is 1190. The fourth-order valence-electron chi connectivity index (χ4n) is 2.82. The van der Waals surface area contributed by atoms with Gasteiger partial charge < -0.3 is 9.47 Å². The molecule has 1 aliphatic heterocycles. The number of hydrogen-bond acceptors (Lipinski definition) is 6. The third-order valence-electron chi connectivity index (χ3n) is 4.28. The highest BCUT2D eigenvalue weighted by Crippen LogP contribution is 2.30. The van der Waals surface area contributed by atoms with E-state index in [9.17, 15) is 13.2 Å². The number of amides is 1. The van der Waals surface area contributed by atoms with Crippen LogP contribution in [0.5, 0.6) is 11.5 Å². The Hall–Kier alpha value is -3.61. The Balaban J connectivity index is 1.88. The molecule has 3 rings (SSSR count). The summed E-state index contributed by atoms with van der Waals surface area (Å²) in [5.74, 6) is 3.02. The predicted molar refractivity (Wildman–Crippen MR) is 114 cm³/mol. The quantitative estimate of drug-likeness (QED) is 0.563. The van der Waals surface area contributed by atoms with Crippen LogP contribution in [0.15, 0.2) is 58.0 Å². The summed E-state index contributed by atoms with van der Waals surface area (Å²) in [4.78, 5) is 12.8. The van der Waals surface area contributed by atoms with Gasteiger partial charge >= 0.3 is 0 Å². The van der Waals surface area contributed by atoms with Gasteiger partial charge in [-0.3, -0.25) is 4.79 Å². The highest BCUT2D eigenvalue weighted by molar-refractivity contribution is 7.89. The largest absolute Gasteiger partial charge is 0.493 e. The number of anilines is 1. The number of carbonyl (C=O) groups excluding carboxylic acids is 1. The zero-order valence-corrected chi connectivity index (χ0v) is 17.1. The van der Waals surface area contributed by atoms with Crippen LogP contribution in [-0.4, -0.2) is 33.8 Å². The zero-order valence-electron chi connectivity index (χ0n) is 16.3. The molecule has 2 aromatic rings. The molecule has 2 aromatic carbocycles. The number of primary sulfonamides is 1. The first-order valence-electron chi connectivity index (χ1n) is 8.73. The predicted octanol–water partition coefficient (Wildman–Crippen LogP) is 2.16. The summed E-state index contributed by atoms with van der Waals surface area (Å²) in [6.45, 7) is 1.82.